The summed E-state index contributed by atoms with van der Waals surface area (Å²) in [5.41, 5.74) is 18.3. The van der Waals surface area contributed by atoms with Crippen LogP contribution in [0.2, 0.25) is 0 Å². The molecule has 1 aliphatic heterocycles. The molecule has 0 aromatic heterocycles. The van der Waals surface area contributed by atoms with Crippen LogP contribution in [0.25, 0.3) is 0 Å². The number of carboxylic acid groups (broad SMARTS) is 2. The Balaban J connectivity index is 1.81. The van der Waals surface area contributed by atoms with Crippen LogP contribution in [-0.2, 0) is 99.1 Å². The average molecular weight is 1750 g/mol. The second-order valence-corrected chi connectivity index (χ2v) is 31.1. The molecule has 0 radical (unpaired) electrons. The highest BCUT2D eigenvalue weighted by Crippen LogP contribution is 2.22. The van der Waals surface area contributed by atoms with Crippen LogP contribution >= 0.6 is 11.8 Å². The molecule has 0 spiro atoms. The van der Waals surface area contributed by atoms with Crippen molar-refractivity contribution in [1.82, 2.24) is 79.3 Å². The number of nitrogens with two attached hydrogens (primary N) is 3. The van der Waals surface area contributed by atoms with Crippen LogP contribution in [0.3, 0.4) is 0 Å². The van der Waals surface area contributed by atoms with E-state index in [4.69, 9.17) is 17.2 Å². The Bertz CT molecular complexity index is 3880. The maximum atomic E-state index is 14.4. The number of phenols is 1. The summed E-state index contributed by atoms with van der Waals surface area (Å²) in [5, 5.41) is 115. The summed E-state index contributed by atoms with van der Waals surface area (Å²) in [7, 11) is 0. The number of aromatic hydroxyl groups is 1. The van der Waals surface area contributed by atoms with Gasteiger partial charge in [-0.1, -0.05) is 70.2 Å². The number of aliphatic hydroxyl groups excluding tert-OH is 5. The minimum Gasteiger partial charge on any atom is -0.508 e. The van der Waals surface area contributed by atoms with Crippen molar-refractivity contribution >= 4 is 118 Å². The number of carboxylic acids is 2. The first-order valence-corrected chi connectivity index (χ1v) is 41.1. The van der Waals surface area contributed by atoms with Gasteiger partial charge in [0.25, 0.3) is 0 Å². The number of aliphatic hydroxyl groups is 5. The smallest absolute Gasteiger partial charge is 0.328 e. The van der Waals surface area contributed by atoms with E-state index in [0.717, 1.165) is 25.7 Å². The fourth-order valence-corrected chi connectivity index (χ4v) is 12.8. The summed E-state index contributed by atoms with van der Waals surface area (Å²) in [5.74, 6) is -20.6. The Morgan fingerprint density at radius 3 is 1.43 bits per heavy atom. The molecule has 680 valence electrons. The zero-order valence-corrected chi connectivity index (χ0v) is 70.1. The van der Waals surface area contributed by atoms with Gasteiger partial charge >= 0.3 is 11.9 Å². The molecule has 0 saturated carbocycles. The van der Waals surface area contributed by atoms with Gasteiger partial charge in [-0.05, 0) is 139 Å². The van der Waals surface area contributed by atoms with Gasteiger partial charge in [0, 0.05) is 25.8 Å². The van der Waals surface area contributed by atoms with Crippen molar-refractivity contribution in [1.29, 1.82) is 0 Å². The van der Waals surface area contributed by atoms with E-state index in [1.807, 2.05) is 0 Å². The summed E-state index contributed by atoms with van der Waals surface area (Å²) < 4.78 is 0. The lowest BCUT2D eigenvalue weighted by molar-refractivity contribution is -0.145. The molecule has 45 heteroatoms. The topological polar surface area (TPSA) is 719 Å². The number of benzene rings is 2. The van der Waals surface area contributed by atoms with Crippen LogP contribution in [0.1, 0.15) is 130 Å². The molecule has 2 aromatic carbocycles. The monoisotopic (exact) mass is 1740 g/mol. The first-order chi connectivity index (χ1) is 57.5. The molecule has 17 unspecified atom stereocenters. The number of thioether (sulfide) groups is 1. The Kier molecular flexibility index (Phi) is 46.0. The van der Waals surface area contributed by atoms with Gasteiger partial charge in [-0.25, -0.2) is 4.79 Å². The number of nitrogens with zero attached hydrogens (tertiary/aromatic N) is 1. The van der Waals surface area contributed by atoms with Crippen LogP contribution < -0.4 is 91.6 Å². The van der Waals surface area contributed by atoms with Crippen molar-refractivity contribution in [2.24, 2.45) is 29.0 Å². The second kappa shape index (κ2) is 53.5. The Hall–Kier alpha value is -11.2. The summed E-state index contributed by atoms with van der Waals surface area (Å²) >= 11 is 1.24. The predicted octanol–water partition coefficient (Wildman–Crippen LogP) is -8.53. The number of rotatable bonds is 55. The number of primary amides is 1. The van der Waals surface area contributed by atoms with Crippen LogP contribution in [-0.4, -0.2) is 307 Å². The number of aliphatic carboxylic acids is 2. The number of hydrogen-bond donors (Lipinski definition) is 25. The predicted molar refractivity (Wildman–Crippen MR) is 436 cm³/mol. The quantitative estimate of drug-likeness (QED) is 0.0274. The van der Waals surface area contributed by atoms with Gasteiger partial charge in [0.05, 0.1) is 50.7 Å². The number of nitrogens with one attached hydrogen (secondary N) is 14. The van der Waals surface area contributed by atoms with E-state index in [-0.39, 0.29) is 88.3 Å². The van der Waals surface area contributed by atoms with Gasteiger partial charge in [0.1, 0.15) is 78.3 Å². The summed E-state index contributed by atoms with van der Waals surface area (Å²) in [6.45, 7) is 5.99. The average Bonchev–Trinajstić information content (AvgIpc) is 1.63. The number of carbonyl (C=O) groups excluding carboxylic acids is 16. The molecule has 1 fully saturated rings. The summed E-state index contributed by atoms with van der Waals surface area (Å²) in [6, 6.07) is -9.01. The van der Waals surface area contributed by atoms with Gasteiger partial charge in [0.15, 0.2) is 6.04 Å². The third-order valence-corrected chi connectivity index (χ3v) is 19.8. The fourth-order valence-electron chi connectivity index (χ4n) is 12.4. The number of amides is 16. The first kappa shape index (κ1) is 105. The molecule has 122 heavy (non-hydrogen) atoms. The lowest BCUT2D eigenvalue weighted by atomic mass is 9.99. The molecule has 17 atom stereocenters. The van der Waals surface area contributed by atoms with Crippen LogP contribution in [0.5, 0.6) is 5.75 Å². The summed E-state index contributed by atoms with van der Waals surface area (Å²) in [6.07, 6.45) is -6.27. The van der Waals surface area contributed by atoms with Gasteiger partial charge in [-0.2, -0.15) is 11.8 Å². The van der Waals surface area contributed by atoms with Crippen molar-refractivity contribution in [3.63, 3.8) is 0 Å². The van der Waals surface area contributed by atoms with Crippen molar-refractivity contribution in [3.05, 3.63) is 65.7 Å². The Morgan fingerprint density at radius 1 is 0.475 bits per heavy atom. The van der Waals surface area contributed by atoms with Crippen molar-refractivity contribution in [2.75, 3.05) is 51.4 Å². The zero-order chi connectivity index (χ0) is 91.8. The summed E-state index contributed by atoms with van der Waals surface area (Å²) in [4.78, 5) is 245. The van der Waals surface area contributed by atoms with Gasteiger partial charge in [-0.3, -0.25) is 81.5 Å². The molecule has 1 saturated heterocycles. The molecule has 1 aliphatic rings. The van der Waals surface area contributed by atoms with E-state index < -0.39 is 267 Å². The molecule has 44 nitrogen and oxygen atoms in total. The SMILES string of the molecule is CSCCC(NC(=O)C(Cc1ccccc1)NC(=O)CNC(=O)CNC(=O)C(N)Cc1ccc(O)cc1)C(=O)NC(C(=O)NC(CO)C(=O)NC(CCC(=O)O)C(=O)NC(CCCCN)C(=O)NC(CO)C(=O)NC(CCC(N)=O)C(=O)NC(C(=O)N1CCCC1C(=O)NC(CC(C)C)C(=O)NC(C(=O)NC(C(=O)O)C(C)O)C(C)C)C(C)O)C(C)O. The van der Waals surface area contributed by atoms with Crippen LogP contribution in [0.15, 0.2) is 54.6 Å². The van der Waals surface area contributed by atoms with Crippen molar-refractivity contribution < 1.29 is 127 Å². The Morgan fingerprint density at radius 2 is 0.926 bits per heavy atom. The number of likely N-dealkylation sites (tertiary alicyclic amines) is 1. The number of hydrogen-bond acceptors (Lipinski definition) is 27. The number of unbranched alkanes of at least 4 members (excludes halogenated alkanes) is 1. The largest absolute Gasteiger partial charge is 0.508 e. The van der Waals surface area contributed by atoms with E-state index >= 15 is 0 Å². The maximum Gasteiger partial charge on any atom is 0.328 e. The third-order valence-electron chi connectivity index (χ3n) is 19.2. The van der Waals surface area contributed by atoms with E-state index in [1.54, 1.807) is 76.4 Å². The lowest BCUT2D eigenvalue weighted by Crippen LogP contribution is -2.63. The van der Waals surface area contributed by atoms with Crippen molar-refractivity contribution in [2.45, 2.75) is 235 Å². The zero-order valence-electron chi connectivity index (χ0n) is 69.3. The fraction of sp³-hybridized carbons (Fsp3) is 0.610. The molecule has 0 aliphatic carbocycles. The number of phenolic OH excluding ortho intramolecular Hbond substituents is 1. The van der Waals surface area contributed by atoms with E-state index in [9.17, 15) is 127 Å². The number of carbonyl (C=O) groups is 18. The minimum atomic E-state index is -2.05. The van der Waals surface area contributed by atoms with Gasteiger partial charge < -0.3 is 137 Å². The van der Waals surface area contributed by atoms with Crippen LogP contribution in [0, 0.1) is 11.8 Å². The molecule has 0 bridgehead atoms. The minimum absolute atomic E-state index is 0.00272. The first-order valence-electron chi connectivity index (χ1n) is 39.7. The van der Waals surface area contributed by atoms with E-state index in [0.29, 0.717) is 11.1 Å². The standard InChI is InChI=1S/C77H120N18O26S/c1-38(2)31-51(70(113)91-60(39(3)4)74(117)94-63(42(7)100)77(120)121)88-73(116)55-18-14-29-95(55)76(119)62(41(6)99)93-67(110)48(23-25-56(80)102)85-71(114)53(36-96)89-65(108)47(17-12-13-28-78)84-66(109)49(24-26-59(105)106)86-72(115)54(37-97)90-75(118)61(40(5)98)92-68(111)50(27-30-122-8)87-69(112)52(33-43-15-10-9-11-16-43)83-58(104)35-81-57(103)34-82-64(107)46(79)32-44-19-21-45(101)22-20-44/h9-11,15-16,19-22,38-42,46-55,60-63,96-101H,12-14,17-18,23-37,78-79H2,1-8H3,(H2,80,102)(H,81,103)(H,82,107)(H,83,104)(H,84,109)(H,85,114)(H,86,115)(H,87,112)(H,88,116)(H,89,108)(H,90,118)(H,91,113)(H,92,111)(H,93,110)(H,94,117)(H,105,106)(H,120,121). The highest BCUT2D eigenvalue weighted by Gasteiger charge is 2.43. The Labute approximate surface area is 708 Å². The third kappa shape index (κ3) is 36.6. The van der Waals surface area contributed by atoms with E-state index in [1.165, 1.54) is 23.9 Å². The van der Waals surface area contributed by atoms with Crippen LogP contribution in [0.4, 0.5) is 0 Å². The molecule has 1 heterocycles. The molecular formula is C77H120N18O26S. The normalized spacial score (nSPS) is 16.4. The molecule has 3 rings (SSSR count). The lowest BCUT2D eigenvalue weighted by Gasteiger charge is -2.32. The van der Waals surface area contributed by atoms with Gasteiger partial charge in [0.2, 0.25) is 94.5 Å². The second-order valence-electron chi connectivity index (χ2n) is 30.1. The molecule has 2 aromatic rings. The molecule has 16 amide bonds. The van der Waals surface area contributed by atoms with Crippen molar-refractivity contribution in [3.8, 4) is 5.75 Å². The van der Waals surface area contributed by atoms with E-state index in [2.05, 4.69) is 74.4 Å². The van der Waals surface area contributed by atoms with Gasteiger partial charge in [-0.15, -0.1) is 0 Å². The highest BCUT2D eigenvalue weighted by atomic mass is 32.2. The molecule has 28 N–H and O–H groups in total. The highest BCUT2D eigenvalue weighted by molar-refractivity contribution is 7.98. The maximum absolute atomic E-state index is 14.4. The molecular weight excluding hydrogens is 1630 g/mol.